The Morgan fingerprint density at radius 3 is 3.00 bits per heavy atom. The van der Waals surface area contributed by atoms with Crippen LogP contribution in [0.1, 0.15) is 31.2 Å². The van der Waals surface area contributed by atoms with Crippen molar-refractivity contribution in [3.8, 4) is 0 Å². The molecule has 0 saturated carbocycles. The highest BCUT2D eigenvalue weighted by Gasteiger charge is 2.06. The molecule has 0 aliphatic rings. The highest BCUT2D eigenvalue weighted by Crippen LogP contribution is 2.02. The molecule has 0 bridgehead atoms. The summed E-state index contributed by atoms with van der Waals surface area (Å²) >= 11 is 0. The Balaban J connectivity index is 2.22. The number of aryl methyl sites for hydroxylation is 1. The Morgan fingerprint density at radius 1 is 1.73 bits per heavy atom. The van der Waals surface area contributed by atoms with Crippen LogP contribution >= 0.6 is 0 Å². The molecule has 1 atom stereocenters. The van der Waals surface area contributed by atoms with Crippen LogP contribution < -0.4 is 5.32 Å². The normalized spacial score (nSPS) is 12.7. The van der Waals surface area contributed by atoms with E-state index in [1.54, 1.807) is 0 Å². The maximum absolute atomic E-state index is 10.3. The van der Waals surface area contributed by atoms with Gasteiger partial charge in [-0.15, -0.1) is 0 Å². The number of rotatable bonds is 6. The van der Waals surface area contributed by atoms with Gasteiger partial charge in [0.05, 0.1) is 5.69 Å². The minimum atomic E-state index is -0.763. The van der Waals surface area contributed by atoms with Crippen LogP contribution in [0.5, 0.6) is 0 Å². The van der Waals surface area contributed by atoms with Crippen molar-refractivity contribution < 1.29 is 14.4 Å². The second-order valence-electron chi connectivity index (χ2n) is 3.64. The lowest BCUT2D eigenvalue weighted by molar-refractivity contribution is -0.137. The molecule has 0 spiro atoms. The summed E-state index contributed by atoms with van der Waals surface area (Å²) in [7, 11) is 0. The van der Waals surface area contributed by atoms with E-state index < -0.39 is 5.97 Å². The molecule has 5 nitrogen and oxygen atoms in total. The van der Waals surface area contributed by atoms with Gasteiger partial charge in [-0.25, -0.2) is 0 Å². The van der Waals surface area contributed by atoms with E-state index >= 15 is 0 Å². The summed E-state index contributed by atoms with van der Waals surface area (Å²) in [6.45, 7) is 4.40. The number of aromatic nitrogens is 1. The Morgan fingerprint density at radius 2 is 2.47 bits per heavy atom. The van der Waals surface area contributed by atoms with E-state index in [9.17, 15) is 4.79 Å². The summed E-state index contributed by atoms with van der Waals surface area (Å²) in [5.41, 5.74) is 0.842. The van der Waals surface area contributed by atoms with Gasteiger partial charge in [-0.3, -0.25) is 4.79 Å². The zero-order chi connectivity index (χ0) is 11.3. The largest absolute Gasteiger partial charge is 0.481 e. The predicted molar refractivity (Wildman–Crippen MR) is 54.4 cm³/mol. The molecule has 0 saturated heterocycles. The second kappa shape index (κ2) is 5.50. The topological polar surface area (TPSA) is 75.4 Å². The van der Waals surface area contributed by atoms with Crippen molar-refractivity contribution in [1.29, 1.82) is 0 Å². The fraction of sp³-hybridized carbons (Fsp3) is 0.600. The highest BCUT2D eigenvalue weighted by molar-refractivity contribution is 5.66. The minimum Gasteiger partial charge on any atom is -0.481 e. The first-order chi connectivity index (χ1) is 7.08. The monoisotopic (exact) mass is 212 g/mol. The van der Waals surface area contributed by atoms with E-state index in [1.807, 2.05) is 19.9 Å². The number of hydrogen-bond acceptors (Lipinski definition) is 4. The Labute approximate surface area is 88.5 Å². The summed E-state index contributed by atoms with van der Waals surface area (Å²) < 4.78 is 4.91. The van der Waals surface area contributed by atoms with Crippen molar-refractivity contribution in [2.75, 3.05) is 0 Å². The smallest absolute Gasteiger partial charge is 0.303 e. The van der Waals surface area contributed by atoms with Crippen molar-refractivity contribution in [3.05, 3.63) is 17.5 Å². The van der Waals surface area contributed by atoms with E-state index in [0.29, 0.717) is 13.0 Å². The first kappa shape index (κ1) is 11.7. The summed E-state index contributed by atoms with van der Waals surface area (Å²) in [6.07, 6.45) is 0.804. The summed E-state index contributed by atoms with van der Waals surface area (Å²) in [5.74, 6) is 0.0194. The lowest BCUT2D eigenvalue weighted by Crippen LogP contribution is -2.26. The van der Waals surface area contributed by atoms with Gasteiger partial charge >= 0.3 is 5.97 Å². The number of carbonyl (C=O) groups is 1. The molecule has 0 radical (unpaired) electrons. The second-order valence-corrected chi connectivity index (χ2v) is 3.64. The third kappa shape index (κ3) is 4.60. The molecular weight excluding hydrogens is 196 g/mol. The highest BCUT2D eigenvalue weighted by atomic mass is 16.5. The van der Waals surface area contributed by atoms with E-state index in [4.69, 9.17) is 9.63 Å². The molecule has 0 aliphatic carbocycles. The maximum Gasteiger partial charge on any atom is 0.303 e. The standard InChI is InChI=1S/C10H16N2O3/c1-7(3-4-10(13)14)11-6-9-5-8(2)15-12-9/h5,7,11H,3-4,6H2,1-2H3,(H,13,14). The number of carboxylic acid groups (broad SMARTS) is 1. The summed E-state index contributed by atoms with van der Waals surface area (Å²) in [4.78, 5) is 10.3. The van der Waals surface area contributed by atoms with Crippen LogP contribution in [0.3, 0.4) is 0 Å². The lowest BCUT2D eigenvalue weighted by atomic mass is 10.2. The van der Waals surface area contributed by atoms with Crippen LogP contribution in [0, 0.1) is 6.92 Å². The van der Waals surface area contributed by atoms with Crippen LogP contribution in [0.15, 0.2) is 10.6 Å². The average molecular weight is 212 g/mol. The summed E-state index contributed by atoms with van der Waals surface area (Å²) in [5, 5.41) is 15.5. The van der Waals surface area contributed by atoms with Gasteiger partial charge in [0.1, 0.15) is 5.76 Å². The van der Waals surface area contributed by atoms with Gasteiger partial charge in [0.2, 0.25) is 0 Å². The first-order valence-corrected chi connectivity index (χ1v) is 4.95. The van der Waals surface area contributed by atoms with E-state index in [0.717, 1.165) is 11.5 Å². The number of carboxylic acids is 1. The summed E-state index contributed by atoms with van der Waals surface area (Å²) in [6, 6.07) is 2.02. The zero-order valence-corrected chi connectivity index (χ0v) is 8.99. The maximum atomic E-state index is 10.3. The molecule has 84 valence electrons. The van der Waals surface area contributed by atoms with Gasteiger partial charge in [-0.2, -0.15) is 0 Å². The quantitative estimate of drug-likeness (QED) is 0.744. The lowest BCUT2D eigenvalue weighted by Gasteiger charge is -2.10. The van der Waals surface area contributed by atoms with Gasteiger partial charge in [0.15, 0.2) is 0 Å². The van der Waals surface area contributed by atoms with Crippen molar-refractivity contribution in [1.82, 2.24) is 10.5 Å². The molecular formula is C10H16N2O3. The Bertz CT molecular complexity index is 322. The van der Waals surface area contributed by atoms with E-state index in [2.05, 4.69) is 10.5 Å². The average Bonchev–Trinajstić information content (AvgIpc) is 2.58. The predicted octanol–water partition coefficient (Wildman–Crippen LogP) is 1.33. The van der Waals surface area contributed by atoms with Crippen molar-refractivity contribution in [3.63, 3.8) is 0 Å². The van der Waals surface area contributed by atoms with Gasteiger partial charge in [0.25, 0.3) is 0 Å². The van der Waals surface area contributed by atoms with Gasteiger partial charge in [-0.1, -0.05) is 5.16 Å². The Hall–Kier alpha value is -1.36. The third-order valence-electron chi connectivity index (χ3n) is 2.10. The van der Waals surface area contributed by atoms with E-state index in [-0.39, 0.29) is 12.5 Å². The molecule has 5 heteroatoms. The van der Waals surface area contributed by atoms with Crippen LogP contribution in [0.2, 0.25) is 0 Å². The number of nitrogens with one attached hydrogen (secondary N) is 1. The first-order valence-electron chi connectivity index (χ1n) is 4.95. The molecule has 2 N–H and O–H groups in total. The molecule has 1 aromatic rings. The van der Waals surface area contributed by atoms with Crippen LogP contribution in [0.4, 0.5) is 0 Å². The number of aliphatic carboxylic acids is 1. The molecule has 0 aliphatic heterocycles. The number of hydrogen-bond donors (Lipinski definition) is 2. The van der Waals surface area contributed by atoms with Crippen LogP contribution in [0.25, 0.3) is 0 Å². The van der Waals surface area contributed by atoms with Gasteiger partial charge in [-0.05, 0) is 20.3 Å². The van der Waals surface area contributed by atoms with Crippen molar-refractivity contribution in [2.24, 2.45) is 0 Å². The van der Waals surface area contributed by atoms with Crippen LogP contribution in [-0.2, 0) is 11.3 Å². The van der Waals surface area contributed by atoms with Gasteiger partial charge < -0.3 is 14.9 Å². The molecule has 15 heavy (non-hydrogen) atoms. The molecule has 1 aromatic heterocycles. The Kier molecular flexibility index (Phi) is 4.30. The molecule has 1 heterocycles. The number of nitrogens with zero attached hydrogens (tertiary/aromatic N) is 1. The molecule has 0 fully saturated rings. The molecule has 0 aromatic carbocycles. The van der Waals surface area contributed by atoms with Gasteiger partial charge in [0, 0.05) is 25.1 Å². The van der Waals surface area contributed by atoms with Crippen molar-refractivity contribution in [2.45, 2.75) is 39.3 Å². The minimum absolute atomic E-state index is 0.165. The molecule has 1 unspecified atom stereocenters. The fourth-order valence-electron chi connectivity index (χ4n) is 1.22. The fourth-order valence-corrected chi connectivity index (χ4v) is 1.22. The SMILES string of the molecule is Cc1cc(CNC(C)CCC(=O)O)no1. The molecule has 0 amide bonds. The molecule has 1 rings (SSSR count). The third-order valence-corrected chi connectivity index (χ3v) is 2.10. The van der Waals surface area contributed by atoms with E-state index in [1.165, 1.54) is 0 Å². The van der Waals surface area contributed by atoms with Crippen molar-refractivity contribution >= 4 is 5.97 Å². The zero-order valence-electron chi connectivity index (χ0n) is 8.99. The van der Waals surface area contributed by atoms with Crippen LogP contribution in [-0.4, -0.2) is 22.3 Å².